The second kappa shape index (κ2) is 11.7. The number of phenolic OH excluding ortho intramolecular Hbond substituents is 1. The van der Waals surface area contributed by atoms with Gasteiger partial charge in [0.25, 0.3) is 0 Å². The van der Waals surface area contributed by atoms with Gasteiger partial charge in [-0.3, -0.25) is 14.6 Å². The lowest BCUT2D eigenvalue weighted by atomic mass is 9.99. The molecular formula is C33H32FN5O4. The molecule has 4 amide bonds. The van der Waals surface area contributed by atoms with Crippen LogP contribution in [0.2, 0.25) is 0 Å². The summed E-state index contributed by atoms with van der Waals surface area (Å²) < 4.78 is 13.7. The van der Waals surface area contributed by atoms with E-state index in [-0.39, 0.29) is 49.4 Å². The van der Waals surface area contributed by atoms with Crippen LogP contribution in [0.15, 0.2) is 91.0 Å². The van der Waals surface area contributed by atoms with Gasteiger partial charge in [0, 0.05) is 26.6 Å². The number of phenols is 1. The van der Waals surface area contributed by atoms with E-state index in [1.54, 1.807) is 58.3 Å². The summed E-state index contributed by atoms with van der Waals surface area (Å²) in [6.45, 7) is 0.716. The SMILES string of the molecule is CN(C(=O)NCc1ccc(O)cc1)N1CC(=O)N2[C@@H](Cc3ccc(F)cc3)C(=O)N(Cc3cccc4ccccc34)C[C@@H]21. The Kier molecular flexibility index (Phi) is 7.69. The molecule has 2 atom stereocenters. The molecule has 4 aromatic rings. The first-order chi connectivity index (χ1) is 20.8. The summed E-state index contributed by atoms with van der Waals surface area (Å²) in [5, 5.41) is 17.6. The molecule has 2 saturated heterocycles. The number of halogens is 1. The number of amides is 4. The molecule has 2 aliphatic heterocycles. The van der Waals surface area contributed by atoms with Gasteiger partial charge in [-0.2, -0.15) is 5.01 Å². The van der Waals surface area contributed by atoms with Crippen LogP contribution < -0.4 is 5.32 Å². The molecule has 220 valence electrons. The van der Waals surface area contributed by atoms with Crippen molar-refractivity contribution < 1.29 is 23.9 Å². The maximum Gasteiger partial charge on any atom is 0.332 e. The number of carbonyl (C=O) groups is 3. The van der Waals surface area contributed by atoms with E-state index in [1.807, 2.05) is 42.5 Å². The number of hydrazine groups is 1. The Hall–Kier alpha value is -4.96. The molecule has 0 unspecified atom stereocenters. The number of hydrogen-bond donors (Lipinski definition) is 2. The minimum atomic E-state index is -0.815. The summed E-state index contributed by atoms with van der Waals surface area (Å²) in [5.41, 5.74) is 2.52. The molecule has 0 spiro atoms. The number of urea groups is 1. The third kappa shape index (κ3) is 5.74. The van der Waals surface area contributed by atoms with E-state index in [2.05, 4.69) is 5.32 Å². The molecule has 0 saturated carbocycles. The fraction of sp³-hybridized carbons (Fsp3) is 0.242. The van der Waals surface area contributed by atoms with Crippen LogP contribution in [-0.2, 0) is 29.1 Å². The second-order valence-corrected chi connectivity index (χ2v) is 10.9. The van der Waals surface area contributed by atoms with Gasteiger partial charge in [0.1, 0.15) is 23.8 Å². The number of carbonyl (C=O) groups excluding carboxylic acids is 3. The van der Waals surface area contributed by atoms with Gasteiger partial charge in [-0.1, -0.05) is 66.7 Å². The number of nitrogens with zero attached hydrogens (tertiary/aromatic N) is 4. The van der Waals surface area contributed by atoms with Crippen LogP contribution in [0.5, 0.6) is 5.75 Å². The van der Waals surface area contributed by atoms with Crippen LogP contribution in [-0.4, -0.2) is 75.1 Å². The summed E-state index contributed by atoms with van der Waals surface area (Å²) in [7, 11) is 1.60. The highest BCUT2D eigenvalue weighted by molar-refractivity contribution is 5.92. The highest BCUT2D eigenvalue weighted by Gasteiger charge is 2.51. The molecule has 2 fully saturated rings. The van der Waals surface area contributed by atoms with E-state index in [0.29, 0.717) is 6.54 Å². The summed E-state index contributed by atoms with van der Waals surface area (Å²) in [4.78, 5) is 44.1. The van der Waals surface area contributed by atoms with Crippen molar-refractivity contribution in [3.05, 3.63) is 114 Å². The minimum Gasteiger partial charge on any atom is -0.508 e. The van der Waals surface area contributed by atoms with E-state index in [9.17, 15) is 23.9 Å². The molecule has 4 aromatic carbocycles. The molecule has 2 heterocycles. The molecular weight excluding hydrogens is 549 g/mol. The van der Waals surface area contributed by atoms with Gasteiger partial charge in [0.15, 0.2) is 0 Å². The van der Waals surface area contributed by atoms with E-state index in [0.717, 1.165) is 27.5 Å². The molecule has 2 N–H and O–H groups in total. The lowest BCUT2D eigenvalue weighted by Gasteiger charge is -2.46. The molecule has 2 aliphatic rings. The van der Waals surface area contributed by atoms with E-state index >= 15 is 0 Å². The fourth-order valence-corrected chi connectivity index (χ4v) is 5.95. The van der Waals surface area contributed by atoms with Crippen LogP contribution in [0.4, 0.5) is 9.18 Å². The monoisotopic (exact) mass is 581 g/mol. The Morgan fingerprint density at radius 3 is 2.42 bits per heavy atom. The van der Waals surface area contributed by atoms with Crippen molar-refractivity contribution in [3.63, 3.8) is 0 Å². The van der Waals surface area contributed by atoms with E-state index in [4.69, 9.17) is 0 Å². The van der Waals surface area contributed by atoms with Crippen LogP contribution in [0.3, 0.4) is 0 Å². The van der Waals surface area contributed by atoms with Crippen molar-refractivity contribution in [2.24, 2.45) is 0 Å². The van der Waals surface area contributed by atoms with Crippen molar-refractivity contribution >= 4 is 28.6 Å². The molecule has 6 rings (SSSR count). The molecule has 0 aromatic heterocycles. The van der Waals surface area contributed by atoms with Crippen LogP contribution >= 0.6 is 0 Å². The number of benzene rings is 4. The van der Waals surface area contributed by atoms with E-state index in [1.165, 1.54) is 17.1 Å². The summed E-state index contributed by atoms with van der Waals surface area (Å²) in [5.74, 6) is -0.688. The predicted molar refractivity (Wildman–Crippen MR) is 159 cm³/mol. The first-order valence-corrected chi connectivity index (χ1v) is 14.2. The molecule has 9 nitrogen and oxygen atoms in total. The fourth-order valence-electron chi connectivity index (χ4n) is 5.95. The predicted octanol–water partition coefficient (Wildman–Crippen LogP) is 3.86. The number of aromatic hydroxyl groups is 1. The lowest BCUT2D eigenvalue weighted by molar-refractivity contribution is -0.157. The second-order valence-electron chi connectivity index (χ2n) is 10.9. The minimum absolute atomic E-state index is 0.0664. The number of fused-ring (bicyclic) bond motifs is 2. The van der Waals surface area contributed by atoms with Crippen LogP contribution in [0.1, 0.15) is 16.7 Å². The molecule has 10 heteroatoms. The smallest absolute Gasteiger partial charge is 0.332 e. The van der Waals surface area contributed by atoms with Gasteiger partial charge in [0.05, 0.1) is 13.1 Å². The average molecular weight is 582 g/mol. The van der Waals surface area contributed by atoms with Crippen LogP contribution in [0.25, 0.3) is 10.8 Å². The molecule has 0 bridgehead atoms. The Labute approximate surface area is 248 Å². The Morgan fingerprint density at radius 1 is 0.953 bits per heavy atom. The molecule has 0 radical (unpaired) electrons. The van der Waals surface area contributed by atoms with Gasteiger partial charge in [-0.05, 0) is 51.7 Å². The van der Waals surface area contributed by atoms with Crippen molar-refractivity contribution in [3.8, 4) is 5.75 Å². The third-order valence-electron chi connectivity index (χ3n) is 8.21. The number of rotatable bonds is 7. The zero-order valence-electron chi connectivity index (χ0n) is 23.7. The van der Waals surface area contributed by atoms with E-state index < -0.39 is 18.2 Å². The highest BCUT2D eigenvalue weighted by atomic mass is 19.1. The summed E-state index contributed by atoms with van der Waals surface area (Å²) in [6, 6.07) is 25.2. The maximum absolute atomic E-state index is 14.0. The number of nitrogens with one attached hydrogen (secondary N) is 1. The largest absolute Gasteiger partial charge is 0.508 e. The number of hydrogen-bond acceptors (Lipinski definition) is 5. The van der Waals surface area contributed by atoms with Crippen molar-refractivity contribution in [2.45, 2.75) is 31.7 Å². The zero-order valence-corrected chi connectivity index (χ0v) is 23.7. The maximum atomic E-state index is 14.0. The number of piperazine rings is 1. The van der Waals surface area contributed by atoms with Crippen molar-refractivity contribution in [2.75, 3.05) is 20.1 Å². The Balaban J connectivity index is 1.27. The van der Waals surface area contributed by atoms with Crippen molar-refractivity contribution in [1.29, 1.82) is 0 Å². The molecule has 0 aliphatic carbocycles. The average Bonchev–Trinajstić information content (AvgIpc) is 3.34. The third-order valence-corrected chi connectivity index (χ3v) is 8.21. The summed E-state index contributed by atoms with van der Waals surface area (Å²) in [6.07, 6.45) is -0.354. The van der Waals surface area contributed by atoms with Gasteiger partial charge in [-0.15, -0.1) is 0 Å². The standard InChI is InChI=1S/C33H32FN5O4/c1-36(33(43)35-18-23-11-15-27(40)16-12-23)38-21-31(41)39-29(17-22-9-13-26(34)14-10-22)32(42)37(20-30(38)39)19-25-7-4-6-24-5-2-3-8-28(24)25/h2-16,29-30,40H,17-21H2,1H3,(H,35,43)/t29-,30+/m0/s1. The van der Waals surface area contributed by atoms with Gasteiger partial charge in [0.2, 0.25) is 11.8 Å². The normalized spacial score (nSPS) is 18.7. The topological polar surface area (TPSA) is 96.4 Å². The highest BCUT2D eigenvalue weighted by Crippen LogP contribution is 2.31. The van der Waals surface area contributed by atoms with Crippen molar-refractivity contribution in [1.82, 2.24) is 25.1 Å². The first-order valence-electron chi connectivity index (χ1n) is 14.2. The molecule has 43 heavy (non-hydrogen) atoms. The van der Waals surface area contributed by atoms with Gasteiger partial charge in [-0.25, -0.2) is 9.18 Å². The Bertz CT molecular complexity index is 1660. The van der Waals surface area contributed by atoms with Gasteiger partial charge < -0.3 is 20.2 Å². The van der Waals surface area contributed by atoms with Crippen LogP contribution in [0, 0.1) is 5.82 Å². The first kappa shape index (κ1) is 28.2. The quantitative estimate of drug-likeness (QED) is 0.346. The Morgan fingerprint density at radius 2 is 1.65 bits per heavy atom. The van der Waals surface area contributed by atoms with Gasteiger partial charge >= 0.3 is 6.03 Å². The zero-order chi connectivity index (χ0) is 30.1. The summed E-state index contributed by atoms with van der Waals surface area (Å²) >= 11 is 0. The lowest BCUT2D eigenvalue weighted by Crippen LogP contribution is -2.65.